The van der Waals surface area contributed by atoms with Gasteiger partial charge in [0.1, 0.15) is 11.8 Å². The molecule has 1 N–H and O–H groups in total. The predicted octanol–water partition coefficient (Wildman–Crippen LogP) is 3.04. The van der Waals surface area contributed by atoms with Gasteiger partial charge < -0.3 is 19.8 Å². The first kappa shape index (κ1) is 18.8. The number of phenolic OH excluding ortho intramolecular Hbond substituents is 1. The lowest BCUT2D eigenvalue weighted by atomic mass is 10.0. The van der Waals surface area contributed by atoms with Crippen LogP contribution in [0.15, 0.2) is 48.5 Å². The van der Waals surface area contributed by atoms with Gasteiger partial charge in [-0.1, -0.05) is 0 Å². The summed E-state index contributed by atoms with van der Waals surface area (Å²) in [6.07, 6.45) is 2.74. The largest absolute Gasteiger partial charge is 0.508 e. The minimum absolute atomic E-state index is 0.0880. The zero-order chi connectivity index (χ0) is 20.7. The monoisotopic (exact) mass is 406 g/mol. The van der Waals surface area contributed by atoms with Gasteiger partial charge in [0.15, 0.2) is 0 Å². The van der Waals surface area contributed by atoms with Crippen LogP contribution in [-0.2, 0) is 4.79 Å². The average Bonchev–Trinajstić information content (AvgIpc) is 3.05. The fraction of sp³-hybridized carbons (Fsp3) is 0.391. The molecule has 7 heteroatoms. The zero-order valence-electron chi connectivity index (χ0n) is 16.9. The van der Waals surface area contributed by atoms with Crippen LogP contribution in [0.3, 0.4) is 0 Å². The number of fused-ring (bicyclic) bond motifs is 1. The van der Waals surface area contributed by atoms with Gasteiger partial charge in [-0.05, 0) is 67.8 Å². The topological polar surface area (TPSA) is 67.3 Å². The van der Waals surface area contributed by atoms with Crippen molar-refractivity contribution in [2.75, 3.05) is 47.4 Å². The smallest absolute Gasteiger partial charge is 0.332 e. The van der Waals surface area contributed by atoms with E-state index in [-0.39, 0.29) is 23.7 Å². The molecule has 3 heterocycles. The van der Waals surface area contributed by atoms with E-state index < -0.39 is 0 Å². The number of imide groups is 1. The highest BCUT2D eigenvalue weighted by molar-refractivity contribution is 6.21. The second kappa shape index (κ2) is 7.55. The summed E-state index contributed by atoms with van der Waals surface area (Å²) >= 11 is 0. The van der Waals surface area contributed by atoms with Crippen molar-refractivity contribution in [2.24, 2.45) is 0 Å². The van der Waals surface area contributed by atoms with Crippen LogP contribution >= 0.6 is 0 Å². The molecule has 0 radical (unpaired) electrons. The molecule has 1 atom stereocenters. The van der Waals surface area contributed by atoms with E-state index in [1.54, 1.807) is 17.0 Å². The van der Waals surface area contributed by atoms with E-state index >= 15 is 0 Å². The van der Waals surface area contributed by atoms with Crippen molar-refractivity contribution >= 4 is 29.0 Å². The number of hydrogen-bond donors (Lipinski definition) is 1. The molecule has 3 aliphatic heterocycles. The molecular formula is C23H26N4O3. The number of benzene rings is 2. The highest BCUT2D eigenvalue weighted by Gasteiger charge is 2.46. The SMILES string of the molecule is O=C1C2CCCCN2C(=O)N1c1ccc(N2CCN(c3ccc(O)cc3)CC2)cc1. The van der Waals surface area contributed by atoms with Gasteiger partial charge in [0, 0.05) is 44.1 Å². The van der Waals surface area contributed by atoms with Crippen molar-refractivity contribution in [3.8, 4) is 5.75 Å². The number of amides is 3. The van der Waals surface area contributed by atoms with Crippen LogP contribution in [0, 0.1) is 0 Å². The van der Waals surface area contributed by atoms with E-state index in [4.69, 9.17) is 0 Å². The van der Waals surface area contributed by atoms with E-state index in [0.717, 1.165) is 56.8 Å². The molecule has 2 aromatic rings. The van der Waals surface area contributed by atoms with Gasteiger partial charge in [0.25, 0.3) is 5.91 Å². The molecule has 3 fully saturated rings. The minimum Gasteiger partial charge on any atom is -0.508 e. The zero-order valence-corrected chi connectivity index (χ0v) is 16.9. The Morgan fingerprint density at radius 3 is 1.80 bits per heavy atom. The molecule has 3 aliphatic rings. The molecule has 5 rings (SSSR count). The molecule has 30 heavy (non-hydrogen) atoms. The molecule has 0 aromatic heterocycles. The number of piperidine rings is 1. The maximum absolute atomic E-state index is 12.8. The third kappa shape index (κ3) is 3.24. The molecule has 1 unspecified atom stereocenters. The van der Waals surface area contributed by atoms with Crippen molar-refractivity contribution in [1.29, 1.82) is 0 Å². The van der Waals surface area contributed by atoms with Crippen LogP contribution in [0.1, 0.15) is 19.3 Å². The summed E-state index contributed by atoms with van der Waals surface area (Å²) in [6, 6.07) is 14.6. The third-order valence-corrected chi connectivity index (χ3v) is 6.41. The second-order valence-electron chi connectivity index (χ2n) is 8.17. The second-order valence-corrected chi connectivity index (χ2v) is 8.17. The number of rotatable bonds is 3. The Morgan fingerprint density at radius 2 is 1.23 bits per heavy atom. The number of carbonyl (C=O) groups excluding carboxylic acids is 2. The van der Waals surface area contributed by atoms with Crippen LogP contribution in [0.5, 0.6) is 5.75 Å². The molecule has 0 spiro atoms. The van der Waals surface area contributed by atoms with Crippen LogP contribution in [-0.4, -0.2) is 60.7 Å². The third-order valence-electron chi connectivity index (χ3n) is 6.41. The Balaban J connectivity index is 1.25. The summed E-state index contributed by atoms with van der Waals surface area (Å²) in [6.45, 7) is 4.24. The fourth-order valence-electron chi connectivity index (χ4n) is 4.73. The van der Waals surface area contributed by atoms with Gasteiger partial charge in [-0.15, -0.1) is 0 Å². The van der Waals surface area contributed by atoms with Crippen molar-refractivity contribution < 1.29 is 14.7 Å². The average molecular weight is 406 g/mol. The van der Waals surface area contributed by atoms with Gasteiger partial charge in [-0.3, -0.25) is 4.79 Å². The van der Waals surface area contributed by atoms with Crippen LogP contribution in [0.4, 0.5) is 21.9 Å². The molecule has 0 saturated carbocycles. The fourth-order valence-corrected chi connectivity index (χ4v) is 4.73. The van der Waals surface area contributed by atoms with E-state index in [2.05, 4.69) is 9.80 Å². The molecule has 3 saturated heterocycles. The van der Waals surface area contributed by atoms with Crippen LogP contribution in [0.25, 0.3) is 0 Å². The quantitative estimate of drug-likeness (QED) is 0.794. The minimum atomic E-state index is -0.279. The van der Waals surface area contributed by atoms with Crippen LogP contribution in [0.2, 0.25) is 0 Å². The Hall–Kier alpha value is -3.22. The highest BCUT2D eigenvalue weighted by atomic mass is 16.3. The van der Waals surface area contributed by atoms with Gasteiger partial charge in [-0.2, -0.15) is 0 Å². The number of piperazine rings is 1. The van der Waals surface area contributed by atoms with E-state index in [1.807, 2.05) is 36.4 Å². The molecule has 156 valence electrons. The number of urea groups is 1. The van der Waals surface area contributed by atoms with E-state index in [0.29, 0.717) is 12.2 Å². The lowest BCUT2D eigenvalue weighted by molar-refractivity contribution is -0.120. The van der Waals surface area contributed by atoms with Gasteiger partial charge in [-0.25, -0.2) is 9.69 Å². The standard InChI is InChI=1S/C23H26N4O3/c28-20-10-8-18(9-11-20)25-15-13-24(14-16-25)17-4-6-19(7-5-17)27-22(29)21-3-1-2-12-26(21)23(27)30/h4-11,21,28H,1-3,12-16H2. The Morgan fingerprint density at radius 1 is 0.700 bits per heavy atom. The lowest BCUT2D eigenvalue weighted by Gasteiger charge is -2.37. The predicted molar refractivity (Wildman–Crippen MR) is 116 cm³/mol. The maximum Gasteiger partial charge on any atom is 0.332 e. The molecule has 0 aliphatic carbocycles. The first-order chi connectivity index (χ1) is 14.6. The molecule has 0 bridgehead atoms. The van der Waals surface area contributed by atoms with E-state index in [9.17, 15) is 14.7 Å². The summed E-state index contributed by atoms with van der Waals surface area (Å²) in [4.78, 5) is 33.2. The number of phenols is 1. The van der Waals surface area contributed by atoms with Crippen molar-refractivity contribution in [1.82, 2.24) is 4.90 Å². The number of anilines is 3. The molecule has 2 aromatic carbocycles. The Bertz CT molecular complexity index is 912. The van der Waals surface area contributed by atoms with Crippen molar-refractivity contribution in [2.45, 2.75) is 25.3 Å². The Kier molecular flexibility index (Phi) is 4.73. The number of nitrogens with zero attached hydrogens (tertiary/aromatic N) is 4. The summed E-state index contributed by atoms with van der Waals surface area (Å²) in [5, 5.41) is 9.46. The molecular weight excluding hydrogens is 380 g/mol. The lowest BCUT2D eigenvalue weighted by Crippen LogP contribution is -2.46. The number of aromatic hydroxyl groups is 1. The van der Waals surface area contributed by atoms with Crippen molar-refractivity contribution in [3.63, 3.8) is 0 Å². The highest BCUT2D eigenvalue weighted by Crippen LogP contribution is 2.32. The Labute approximate surface area is 176 Å². The summed E-state index contributed by atoms with van der Waals surface area (Å²) in [5.74, 6) is 0.193. The first-order valence-electron chi connectivity index (χ1n) is 10.7. The summed E-state index contributed by atoms with van der Waals surface area (Å²) in [5.41, 5.74) is 2.87. The van der Waals surface area contributed by atoms with Crippen molar-refractivity contribution in [3.05, 3.63) is 48.5 Å². The summed E-state index contributed by atoms with van der Waals surface area (Å²) < 4.78 is 0. The summed E-state index contributed by atoms with van der Waals surface area (Å²) in [7, 11) is 0. The number of carbonyl (C=O) groups is 2. The van der Waals surface area contributed by atoms with E-state index in [1.165, 1.54) is 4.90 Å². The van der Waals surface area contributed by atoms with Gasteiger partial charge >= 0.3 is 6.03 Å². The van der Waals surface area contributed by atoms with Crippen LogP contribution < -0.4 is 14.7 Å². The molecule has 3 amide bonds. The molecule has 7 nitrogen and oxygen atoms in total. The maximum atomic E-state index is 12.8. The normalized spacial score (nSPS) is 21.9. The van der Waals surface area contributed by atoms with Gasteiger partial charge in [0.2, 0.25) is 0 Å². The van der Waals surface area contributed by atoms with Gasteiger partial charge in [0.05, 0.1) is 5.69 Å². The first-order valence-corrected chi connectivity index (χ1v) is 10.7. The number of hydrogen-bond acceptors (Lipinski definition) is 5.